The van der Waals surface area contributed by atoms with Crippen molar-refractivity contribution in [2.45, 2.75) is 26.5 Å². The van der Waals surface area contributed by atoms with Crippen molar-refractivity contribution in [3.8, 4) is 0 Å². The number of carbonyl (C=O) groups excluding carboxylic acids is 1. The molecule has 0 unspecified atom stereocenters. The van der Waals surface area contributed by atoms with Crippen molar-refractivity contribution < 1.29 is 19.4 Å². The summed E-state index contributed by atoms with van der Waals surface area (Å²) in [5.74, 6) is -1.16. The minimum atomic E-state index is -1.16. The van der Waals surface area contributed by atoms with Gasteiger partial charge in [-0.05, 0) is 19.4 Å². The van der Waals surface area contributed by atoms with Gasteiger partial charge in [0, 0.05) is 6.04 Å². The summed E-state index contributed by atoms with van der Waals surface area (Å²) >= 11 is 0. The van der Waals surface area contributed by atoms with E-state index in [9.17, 15) is 14.7 Å². The first-order valence-electron chi connectivity index (χ1n) is 6.77. The molecule has 7 heteroatoms. The number of nitrogens with one attached hydrogen (secondary N) is 1. The second-order valence-electron chi connectivity index (χ2n) is 4.94. The molecule has 1 heterocycles. The third-order valence-corrected chi connectivity index (χ3v) is 2.94. The highest BCUT2D eigenvalue weighted by atomic mass is 16.5. The summed E-state index contributed by atoms with van der Waals surface area (Å²) in [6, 6.07) is 9.06. The fourth-order valence-electron chi connectivity index (χ4n) is 1.93. The van der Waals surface area contributed by atoms with Crippen LogP contribution in [0.1, 0.15) is 35.9 Å². The van der Waals surface area contributed by atoms with Gasteiger partial charge in [0.05, 0.1) is 11.9 Å². The zero-order valence-electron chi connectivity index (χ0n) is 12.3. The van der Waals surface area contributed by atoms with E-state index in [0.29, 0.717) is 0 Å². The monoisotopic (exact) mass is 303 g/mol. The fourth-order valence-corrected chi connectivity index (χ4v) is 1.93. The molecule has 116 valence electrons. The number of rotatable bonds is 5. The zero-order chi connectivity index (χ0) is 16.1. The molecular weight excluding hydrogens is 286 g/mol. The van der Waals surface area contributed by atoms with Crippen LogP contribution in [0.5, 0.6) is 0 Å². The maximum absolute atomic E-state index is 11.8. The summed E-state index contributed by atoms with van der Waals surface area (Å²) < 4.78 is 6.38. The lowest BCUT2D eigenvalue weighted by Gasteiger charge is -2.10. The number of carboxylic acid groups (broad SMARTS) is 1. The van der Waals surface area contributed by atoms with Crippen LogP contribution in [0.25, 0.3) is 0 Å². The quantitative estimate of drug-likeness (QED) is 0.885. The Morgan fingerprint density at radius 2 is 2.00 bits per heavy atom. The molecule has 0 fully saturated rings. The van der Waals surface area contributed by atoms with E-state index in [-0.39, 0.29) is 24.0 Å². The molecule has 0 aliphatic rings. The van der Waals surface area contributed by atoms with Gasteiger partial charge in [-0.1, -0.05) is 30.3 Å². The van der Waals surface area contributed by atoms with Gasteiger partial charge in [0.1, 0.15) is 6.61 Å². The lowest BCUT2D eigenvalue weighted by atomic mass is 10.2. The van der Waals surface area contributed by atoms with E-state index < -0.39 is 12.1 Å². The van der Waals surface area contributed by atoms with E-state index >= 15 is 0 Å². The van der Waals surface area contributed by atoms with Crippen molar-refractivity contribution in [3.63, 3.8) is 0 Å². The molecule has 0 aliphatic heterocycles. The number of carboxylic acids is 1. The van der Waals surface area contributed by atoms with Crippen LogP contribution in [0.15, 0.2) is 36.5 Å². The van der Waals surface area contributed by atoms with Crippen molar-refractivity contribution in [3.05, 3.63) is 47.8 Å². The molecule has 1 aromatic carbocycles. The lowest BCUT2D eigenvalue weighted by Crippen LogP contribution is -2.18. The van der Waals surface area contributed by atoms with Crippen LogP contribution < -0.4 is 5.32 Å². The Morgan fingerprint density at radius 1 is 1.32 bits per heavy atom. The molecule has 1 amide bonds. The molecule has 2 N–H and O–H groups in total. The van der Waals surface area contributed by atoms with Gasteiger partial charge in [-0.2, -0.15) is 5.10 Å². The highest BCUT2D eigenvalue weighted by Gasteiger charge is 2.21. The van der Waals surface area contributed by atoms with Crippen molar-refractivity contribution in [2.75, 3.05) is 5.32 Å². The lowest BCUT2D eigenvalue weighted by molar-refractivity contribution is 0.0682. The fraction of sp³-hybridized carbons (Fsp3) is 0.267. The predicted octanol–water partition coefficient (Wildman–Crippen LogP) is 2.91. The van der Waals surface area contributed by atoms with Crippen LogP contribution in [0, 0.1) is 0 Å². The first kappa shape index (κ1) is 15.6. The van der Waals surface area contributed by atoms with Gasteiger partial charge in [-0.25, -0.2) is 9.59 Å². The van der Waals surface area contributed by atoms with Crippen LogP contribution in [-0.2, 0) is 11.3 Å². The Bertz CT molecular complexity index is 665. The number of aromatic carboxylic acids is 1. The average molecular weight is 303 g/mol. The Labute approximate surface area is 127 Å². The van der Waals surface area contributed by atoms with E-state index in [1.807, 2.05) is 30.3 Å². The second kappa shape index (κ2) is 6.75. The molecule has 0 saturated carbocycles. The van der Waals surface area contributed by atoms with Crippen LogP contribution in [0.4, 0.5) is 10.5 Å². The molecule has 2 aromatic rings. The minimum absolute atomic E-state index is 0.0772. The van der Waals surface area contributed by atoms with Crippen molar-refractivity contribution in [1.29, 1.82) is 0 Å². The SMILES string of the molecule is CC(C)n1ncc(NC(=O)OCc2ccccc2)c1C(=O)O. The van der Waals surface area contributed by atoms with Gasteiger partial charge in [-0.3, -0.25) is 10.00 Å². The Hall–Kier alpha value is -2.83. The topological polar surface area (TPSA) is 93.5 Å². The normalized spacial score (nSPS) is 10.5. The van der Waals surface area contributed by atoms with Crippen LogP contribution in [-0.4, -0.2) is 26.9 Å². The number of ether oxygens (including phenoxy) is 1. The standard InChI is InChI=1S/C15H17N3O4/c1-10(2)18-13(14(19)20)12(8-16-18)17-15(21)22-9-11-6-4-3-5-7-11/h3-8,10H,9H2,1-2H3,(H,17,21)(H,19,20). The molecule has 0 radical (unpaired) electrons. The van der Waals surface area contributed by atoms with Crippen LogP contribution in [0.3, 0.4) is 0 Å². The first-order chi connectivity index (χ1) is 10.5. The zero-order valence-corrected chi connectivity index (χ0v) is 12.3. The number of anilines is 1. The predicted molar refractivity (Wildman–Crippen MR) is 79.8 cm³/mol. The molecule has 22 heavy (non-hydrogen) atoms. The van der Waals surface area contributed by atoms with E-state index in [1.54, 1.807) is 13.8 Å². The van der Waals surface area contributed by atoms with Crippen LogP contribution in [0.2, 0.25) is 0 Å². The summed E-state index contributed by atoms with van der Waals surface area (Å²) in [5.41, 5.74) is 0.875. The average Bonchev–Trinajstić information content (AvgIpc) is 2.90. The summed E-state index contributed by atoms with van der Waals surface area (Å²) in [6.45, 7) is 3.71. The number of amides is 1. The molecule has 2 rings (SSSR count). The third kappa shape index (κ3) is 3.63. The Balaban J connectivity index is 2.04. The minimum Gasteiger partial charge on any atom is -0.476 e. The van der Waals surface area contributed by atoms with E-state index in [1.165, 1.54) is 10.9 Å². The van der Waals surface area contributed by atoms with E-state index in [4.69, 9.17) is 4.74 Å². The maximum atomic E-state index is 11.8. The molecule has 7 nitrogen and oxygen atoms in total. The highest BCUT2D eigenvalue weighted by molar-refractivity contribution is 5.97. The summed E-state index contributed by atoms with van der Waals surface area (Å²) in [7, 11) is 0. The van der Waals surface area contributed by atoms with Crippen molar-refractivity contribution >= 4 is 17.7 Å². The van der Waals surface area contributed by atoms with Gasteiger partial charge < -0.3 is 9.84 Å². The van der Waals surface area contributed by atoms with E-state index in [0.717, 1.165) is 5.56 Å². The smallest absolute Gasteiger partial charge is 0.412 e. The molecule has 0 saturated heterocycles. The second-order valence-corrected chi connectivity index (χ2v) is 4.94. The maximum Gasteiger partial charge on any atom is 0.412 e. The van der Waals surface area contributed by atoms with E-state index in [2.05, 4.69) is 10.4 Å². The largest absolute Gasteiger partial charge is 0.476 e. The van der Waals surface area contributed by atoms with Gasteiger partial charge in [0.15, 0.2) is 5.69 Å². The Kier molecular flexibility index (Phi) is 4.77. The number of hydrogen-bond donors (Lipinski definition) is 2. The number of hydrogen-bond acceptors (Lipinski definition) is 4. The number of nitrogens with zero attached hydrogens (tertiary/aromatic N) is 2. The summed E-state index contributed by atoms with van der Waals surface area (Å²) in [6.07, 6.45) is 0.572. The molecule has 0 aliphatic carbocycles. The third-order valence-electron chi connectivity index (χ3n) is 2.94. The van der Waals surface area contributed by atoms with Gasteiger partial charge >= 0.3 is 12.1 Å². The molecule has 0 spiro atoms. The van der Waals surface area contributed by atoms with Gasteiger partial charge in [0.2, 0.25) is 0 Å². The van der Waals surface area contributed by atoms with Crippen LogP contribution >= 0.6 is 0 Å². The van der Waals surface area contributed by atoms with Crippen molar-refractivity contribution in [1.82, 2.24) is 9.78 Å². The first-order valence-corrected chi connectivity index (χ1v) is 6.77. The van der Waals surface area contributed by atoms with Crippen molar-refractivity contribution in [2.24, 2.45) is 0 Å². The van der Waals surface area contributed by atoms with Gasteiger partial charge in [0.25, 0.3) is 0 Å². The molecule has 0 bridgehead atoms. The number of carbonyl (C=O) groups is 2. The highest BCUT2D eigenvalue weighted by Crippen LogP contribution is 2.19. The number of aromatic nitrogens is 2. The Morgan fingerprint density at radius 3 is 2.59 bits per heavy atom. The summed E-state index contributed by atoms with van der Waals surface area (Å²) in [4.78, 5) is 23.1. The number of benzene rings is 1. The molecule has 1 aromatic heterocycles. The molecule has 0 atom stereocenters. The molecular formula is C15H17N3O4. The summed E-state index contributed by atoms with van der Waals surface area (Å²) in [5, 5.41) is 15.6. The van der Waals surface area contributed by atoms with Gasteiger partial charge in [-0.15, -0.1) is 0 Å².